The largest absolute Gasteiger partial charge is 0.352 e. The first-order valence-electron chi connectivity index (χ1n) is 8.62. The van der Waals surface area contributed by atoms with Crippen molar-refractivity contribution in [1.82, 2.24) is 15.2 Å². The van der Waals surface area contributed by atoms with Crippen LogP contribution in [-0.2, 0) is 4.79 Å². The molecule has 0 bridgehead atoms. The van der Waals surface area contributed by atoms with Crippen LogP contribution in [0.5, 0.6) is 0 Å². The third kappa shape index (κ3) is 4.05. The molecule has 0 saturated carbocycles. The molecule has 2 heterocycles. The summed E-state index contributed by atoms with van der Waals surface area (Å²) in [7, 11) is 0. The molecule has 0 radical (unpaired) electrons. The van der Waals surface area contributed by atoms with Crippen LogP contribution in [-0.4, -0.2) is 40.8 Å². The van der Waals surface area contributed by atoms with Crippen LogP contribution < -0.4 is 5.32 Å². The van der Waals surface area contributed by atoms with Crippen molar-refractivity contribution in [2.75, 3.05) is 13.1 Å². The Hall–Kier alpha value is -2.69. The third-order valence-corrected chi connectivity index (χ3v) is 4.60. The molecular weight excluding hydrogens is 314 g/mol. The number of aromatic nitrogens is 1. The minimum absolute atomic E-state index is 0.0181. The molecule has 2 aromatic rings. The number of likely N-dealkylation sites (tertiary alicyclic amines) is 1. The number of nitrogens with one attached hydrogen (secondary N) is 1. The van der Waals surface area contributed by atoms with Gasteiger partial charge in [-0.3, -0.25) is 14.6 Å². The van der Waals surface area contributed by atoms with Gasteiger partial charge in [0.25, 0.3) is 5.91 Å². The number of aryl methyl sites for hydroxylation is 1. The van der Waals surface area contributed by atoms with Gasteiger partial charge in [0, 0.05) is 49.6 Å². The minimum Gasteiger partial charge on any atom is -0.352 e. The molecule has 1 saturated heterocycles. The van der Waals surface area contributed by atoms with Gasteiger partial charge in [0.2, 0.25) is 5.91 Å². The number of hydrogen-bond acceptors (Lipinski definition) is 3. The van der Waals surface area contributed by atoms with Crippen LogP contribution in [0.25, 0.3) is 11.1 Å². The lowest BCUT2D eigenvalue weighted by molar-refractivity contribution is -0.120. The van der Waals surface area contributed by atoms with Gasteiger partial charge in [-0.05, 0) is 49.1 Å². The van der Waals surface area contributed by atoms with E-state index < -0.39 is 0 Å². The second-order valence-corrected chi connectivity index (χ2v) is 6.56. The molecule has 25 heavy (non-hydrogen) atoms. The Labute approximate surface area is 148 Å². The van der Waals surface area contributed by atoms with Gasteiger partial charge < -0.3 is 10.2 Å². The number of carbonyl (C=O) groups excluding carboxylic acids is 2. The quantitative estimate of drug-likeness (QED) is 0.937. The molecule has 1 aromatic carbocycles. The summed E-state index contributed by atoms with van der Waals surface area (Å²) in [5, 5.41) is 2.92. The molecular formula is C20H23N3O2. The first-order valence-corrected chi connectivity index (χ1v) is 8.62. The Balaban J connectivity index is 1.72. The van der Waals surface area contributed by atoms with Gasteiger partial charge in [0.1, 0.15) is 0 Å². The molecule has 1 aromatic heterocycles. The molecule has 5 nitrogen and oxygen atoms in total. The van der Waals surface area contributed by atoms with E-state index in [4.69, 9.17) is 0 Å². The average molecular weight is 337 g/mol. The van der Waals surface area contributed by atoms with Crippen molar-refractivity contribution in [2.45, 2.75) is 32.7 Å². The maximum Gasteiger partial charge on any atom is 0.253 e. The molecule has 1 aliphatic rings. The summed E-state index contributed by atoms with van der Waals surface area (Å²) >= 11 is 0. The number of pyridine rings is 1. The number of amides is 2. The van der Waals surface area contributed by atoms with E-state index in [2.05, 4.69) is 10.3 Å². The highest BCUT2D eigenvalue weighted by Gasteiger charge is 2.24. The molecule has 0 spiro atoms. The van der Waals surface area contributed by atoms with Gasteiger partial charge in [-0.25, -0.2) is 0 Å². The number of nitrogens with zero attached hydrogens (tertiary/aromatic N) is 2. The highest BCUT2D eigenvalue weighted by Crippen LogP contribution is 2.23. The van der Waals surface area contributed by atoms with Crippen LogP contribution in [0.1, 0.15) is 35.7 Å². The average Bonchev–Trinajstić information content (AvgIpc) is 2.61. The van der Waals surface area contributed by atoms with Crippen LogP contribution in [0.3, 0.4) is 0 Å². The normalized spacial score (nSPS) is 17.2. The van der Waals surface area contributed by atoms with Crippen molar-refractivity contribution in [3.05, 3.63) is 53.9 Å². The van der Waals surface area contributed by atoms with E-state index in [-0.39, 0.29) is 17.9 Å². The minimum atomic E-state index is -0.0458. The van der Waals surface area contributed by atoms with Crippen molar-refractivity contribution in [3.63, 3.8) is 0 Å². The Morgan fingerprint density at radius 2 is 1.96 bits per heavy atom. The van der Waals surface area contributed by atoms with Crippen molar-refractivity contribution in [2.24, 2.45) is 0 Å². The number of carbonyl (C=O) groups is 2. The molecule has 1 aliphatic heterocycles. The van der Waals surface area contributed by atoms with E-state index in [1.54, 1.807) is 6.20 Å². The molecule has 2 amide bonds. The molecule has 1 atom stereocenters. The molecule has 1 N–H and O–H groups in total. The smallest absolute Gasteiger partial charge is 0.253 e. The van der Waals surface area contributed by atoms with E-state index in [0.29, 0.717) is 12.1 Å². The first-order chi connectivity index (χ1) is 12.0. The van der Waals surface area contributed by atoms with Crippen molar-refractivity contribution >= 4 is 11.8 Å². The zero-order valence-electron chi connectivity index (χ0n) is 14.7. The van der Waals surface area contributed by atoms with Gasteiger partial charge in [-0.1, -0.05) is 12.1 Å². The summed E-state index contributed by atoms with van der Waals surface area (Å²) in [5.41, 5.74) is 3.96. The zero-order chi connectivity index (χ0) is 17.8. The SMILES string of the molecule is CC(=O)N[C@H]1CCCN(C(=O)c2ccc(-c3cnccc3C)cc2)C1. The van der Waals surface area contributed by atoms with Gasteiger partial charge >= 0.3 is 0 Å². The lowest BCUT2D eigenvalue weighted by Gasteiger charge is -2.33. The molecule has 1 fully saturated rings. The summed E-state index contributed by atoms with van der Waals surface area (Å²) in [6.07, 6.45) is 5.44. The summed E-state index contributed by atoms with van der Waals surface area (Å²) < 4.78 is 0. The van der Waals surface area contributed by atoms with E-state index in [9.17, 15) is 9.59 Å². The summed E-state index contributed by atoms with van der Waals surface area (Å²) in [4.78, 5) is 30.0. The van der Waals surface area contributed by atoms with Gasteiger partial charge in [-0.2, -0.15) is 0 Å². The summed E-state index contributed by atoms with van der Waals surface area (Å²) in [6, 6.07) is 9.69. The Morgan fingerprint density at radius 1 is 1.20 bits per heavy atom. The lowest BCUT2D eigenvalue weighted by atomic mass is 10.0. The topological polar surface area (TPSA) is 62.3 Å². The number of benzene rings is 1. The number of hydrogen-bond donors (Lipinski definition) is 1. The number of piperidine rings is 1. The Morgan fingerprint density at radius 3 is 2.64 bits per heavy atom. The van der Waals surface area contributed by atoms with Crippen LogP contribution in [0.2, 0.25) is 0 Å². The van der Waals surface area contributed by atoms with Crippen LogP contribution in [0, 0.1) is 6.92 Å². The highest BCUT2D eigenvalue weighted by molar-refractivity contribution is 5.95. The van der Waals surface area contributed by atoms with Crippen molar-refractivity contribution in [3.8, 4) is 11.1 Å². The highest BCUT2D eigenvalue weighted by atomic mass is 16.2. The van der Waals surface area contributed by atoms with E-state index in [1.807, 2.05) is 48.4 Å². The van der Waals surface area contributed by atoms with E-state index >= 15 is 0 Å². The fourth-order valence-corrected chi connectivity index (χ4v) is 3.31. The third-order valence-electron chi connectivity index (χ3n) is 4.60. The lowest BCUT2D eigenvalue weighted by Crippen LogP contribution is -2.49. The molecule has 5 heteroatoms. The maximum atomic E-state index is 12.7. The van der Waals surface area contributed by atoms with Gasteiger partial charge in [-0.15, -0.1) is 0 Å². The molecule has 3 rings (SSSR count). The second-order valence-electron chi connectivity index (χ2n) is 6.56. The Kier molecular flexibility index (Phi) is 5.12. The van der Waals surface area contributed by atoms with Crippen LogP contribution in [0.4, 0.5) is 0 Å². The van der Waals surface area contributed by atoms with Crippen molar-refractivity contribution < 1.29 is 9.59 Å². The van der Waals surface area contributed by atoms with Gasteiger partial charge in [0.05, 0.1) is 0 Å². The number of rotatable bonds is 3. The predicted molar refractivity (Wildman–Crippen MR) is 97.2 cm³/mol. The maximum absolute atomic E-state index is 12.7. The molecule has 0 unspecified atom stereocenters. The first kappa shape index (κ1) is 17.1. The fraction of sp³-hybridized carbons (Fsp3) is 0.350. The van der Waals surface area contributed by atoms with Crippen molar-refractivity contribution in [1.29, 1.82) is 0 Å². The van der Waals surface area contributed by atoms with Crippen LogP contribution >= 0.6 is 0 Å². The second kappa shape index (κ2) is 7.47. The molecule has 0 aliphatic carbocycles. The fourth-order valence-electron chi connectivity index (χ4n) is 3.31. The molecule has 130 valence electrons. The Bertz CT molecular complexity index is 771. The van der Waals surface area contributed by atoms with E-state index in [1.165, 1.54) is 6.92 Å². The predicted octanol–water partition coefficient (Wildman–Crippen LogP) is 2.80. The monoisotopic (exact) mass is 337 g/mol. The zero-order valence-corrected chi connectivity index (χ0v) is 14.7. The van der Waals surface area contributed by atoms with Crippen LogP contribution in [0.15, 0.2) is 42.7 Å². The van der Waals surface area contributed by atoms with Gasteiger partial charge in [0.15, 0.2) is 0 Å². The standard InChI is InChI=1S/C20H23N3O2/c1-14-9-10-21-12-19(14)16-5-7-17(8-6-16)20(25)23-11-3-4-18(13-23)22-15(2)24/h5-10,12,18H,3-4,11,13H2,1-2H3,(H,22,24)/t18-/m0/s1. The summed E-state index contributed by atoms with van der Waals surface area (Å²) in [5.74, 6) is -0.0278. The van der Waals surface area contributed by atoms with E-state index in [0.717, 1.165) is 36.1 Å². The summed E-state index contributed by atoms with van der Waals surface area (Å²) in [6.45, 7) is 4.87.